The number of rotatable bonds is 6. The number of nitrogens with one attached hydrogen (secondary N) is 1. The molecule has 156 valence electrons. The molecule has 0 atom stereocenters. The molecule has 1 fully saturated rings. The SMILES string of the molecule is O=C(NCC(=O)N1CCN(Cc2cn3ccccc3n2)CC1)OCc1ccccc1. The van der Waals surface area contributed by atoms with Gasteiger partial charge in [0, 0.05) is 45.1 Å². The van der Waals surface area contributed by atoms with Crippen LogP contribution in [0.5, 0.6) is 0 Å². The van der Waals surface area contributed by atoms with E-state index in [9.17, 15) is 9.59 Å². The second-order valence-electron chi connectivity index (χ2n) is 7.27. The van der Waals surface area contributed by atoms with Crippen LogP contribution in [0.3, 0.4) is 0 Å². The first-order chi connectivity index (χ1) is 14.7. The van der Waals surface area contributed by atoms with Crippen LogP contribution in [0.1, 0.15) is 11.3 Å². The number of fused-ring (bicyclic) bond motifs is 1. The zero-order chi connectivity index (χ0) is 20.8. The number of nitrogens with zero attached hydrogens (tertiary/aromatic N) is 4. The monoisotopic (exact) mass is 407 g/mol. The lowest BCUT2D eigenvalue weighted by atomic mass is 10.2. The Bertz CT molecular complexity index is 963. The first-order valence-electron chi connectivity index (χ1n) is 10.0. The average molecular weight is 407 g/mol. The number of hydrogen-bond donors (Lipinski definition) is 1. The van der Waals surface area contributed by atoms with Gasteiger partial charge < -0.3 is 19.4 Å². The first-order valence-corrected chi connectivity index (χ1v) is 10.0. The Labute approximate surface area is 175 Å². The number of aromatic nitrogens is 2. The molecule has 30 heavy (non-hydrogen) atoms. The van der Waals surface area contributed by atoms with Crippen molar-refractivity contribution in [3.63, 3.8) is 0 Å². The van der Waals surface area contributed by atoms with Gasteiger partial charge in [-0.3, -0.25) is 9.69 Å². The van der Waals surface area contributed by atoms with Crippen molar-refractivity contribution in [2.45, 2.75) is 13.2 Å². The van der Waals surface area contributed by atoms with Crippen LogP contribution in [0.2, 0.25) is 0 Å². The summed E-state index contributed by atoms with van der Waals surface area (Å²) in [5, 5.41) is 2.54. The summed E-state index contributed by atoms with van der Waals surface area (Å²) in [6, 6.07) is 15.4. The number of benzene rings is 1. The number of carbonyl (C=O) groups is 2. The van der Waals surface area contributed by atoms with Crippen molar-refractivity contribution in [2.24, 2.45) is 0 Å². The molecule has 4 rings (SSSR count). The van der Waals surface area contributed by atoms with E-state index in [1.54, 1.807) is 4.90 Å². The summed E-state index contributed by atoms with van der Waals surface area (Å²) >= 11 is 0. The summed E-state index contributed by atoms with van der Waals surface area (Å²) < 4.78 is 7.15. The van der Waals surface area contributed by atoms with Crippen molar-refractivity contribution in [2.75, 3.05) is 32.7 Å². The molecule has 0 bridgehead atoms. The molecule has 0 aliphatic carbocycles. The summed E-state index contributed by atoms with van der Waals surface area (Å²) in [5.41, 5.74) is 2.86. The highest BCUT2D eigenvalue weighted by atomic mass is 16.5. The minimum absolute atomic E-state index is 0.0555. The molecule has 0 saturated carbocycles. The van der Waals surface area contributed by atoms with E-state index in [1.165, 1.54) is 0 Å². The molecule has 0 radical (unpaired) electrons. The summed E-state index contributed by atoms with van der Waals surface area (Å²) in [5.74, 6) is -0.0981. The van der Waals surface area contributed by atoms with Gasteiger partial charge in [-0.1, -0.05) is 36.4 Å². The standard InChI is InChI=1S/C22H25N5O3/c28-21(14-23-22(29)30-17-18-6-2-1-3-7-18)26-12-10-25(11-13-26)15-19-16-27-9-5-4-8-20(27)24-19/h1-9,16H,10-15,17H2,(H,23,29). The summed E-state index contributed by atoms with van der Waals surface area (Å²) in [6.45, 7) is 3.70. The molecule has 0 unspecified atom stereocenters. The molecule has 1 N–H and O–H groups in total. The van der Waals surface area contributed by atoms with Crippen LogP contribution < -0.4 is 5.32 Å². The number of pyridine rings is 1. The smallest absolute Gasteiger partial charge is 0.407 e. The van der Waals surface area contributed by atoms with Crippen molar-refractivity contribution in [1.29, 1.82) is 0 Å². The quantitative estimate of drug-likeness (QED) is 0.675. The first kappa shape index (κ1) is 19.9. The maximum absolute atomic E-state index is 12.4. The second-order valence-corrected chi connectivity index (χ2v) is 7.27. The van der Waals surface area contributed by atoms with Gasteiger partial charge in [-0.2, -0.15) is 0 Å². The van der Waals surface area contributed by atoms with E-state index in [1.807, 2.05) is 65.3 Å². The molecular formula is C22H25N5O3. The predicted molar refractivity (Wildman–Crippen MR) is 112 cm³/mol. The minimum atomic E-state index is -0.585. The van der Waals surface area contributed by atoms with E-state index in [-0.39, 0.29) is 19.1 Å². The highest BCUT2D eigenvalue weighted by Gasteiger charge is 2.22. The molecule has 3 heterocycles. The molecule has 8 nitrogen and oxygen atoms in total. The van der Waals surface area contributed by atoms with E-state index in [2.05, 4.69) is 15.2 Å². The van der Waals surface area contributed by atoms with Gasteiger partial charge >= 0.3 is 6.09 Å². The Balaban J connectivity index is 1.17. The normalized spacial score (nSPS) is 14.6. The van der Waals surface area contributed by atoms with Gasteiger partial charge in [0.2, 0.25) is 5.91 Å². The van der Waals surface area contributed by atoms with Crippen molar-refractivity contribution in [3.05, 3.63) is 72.2 Å². The van der Waals surface area contributed by atoms with Crippen molar-refractivity contribution in [1.82, 2.24) is 24.5 Å². The predicted octanol–water partition coefficient (Wildman–Crippen LogP) is 1.90. The van der Waals surface area contributed by atoms with Crippen LogP contribution in [0, 0.1) is 0 Å². The third-order valence-electron chi connectivity index (χ3n) is 5.12. The number of hydrogen-bond acceptors (Lipinski definition) is 5. The lowest BCUT2D eigenvalue weighted by Crippen LogP contribution is -2.50. The molecule has 1 aromatic carbocycles. The summed E-state index contributed by atoms with van der Waals surface area (Å²) in [6.07, 6.45) is 3.44. The van der Waals surface area contributed by atoms with E-state index in [0.29, 0.717) is 13.1 Å². The highest BCUT2D eigenvalue weighted by Crippen LogP contribution is 2.10. The largest absolute Gasteiger partial charge is 0.445 e. The maximum Gasteiger partial charge on any atom is 0.407 e. The van der Waals surface area contributed by atoms with E-state index in [0.717, 1.165) is 36.5 Å². The Kier molecular flexibility index (Phi) is 6.24. The van der Waals surface area contributed by atoms with Crippen LogP contribution >= 0.6 is 0 Å². The molecule has 0 spiro atoms. The number of piperazine rings is 1. The molecule has 3 aromatic rings. The van der Waals surface area contributed by atoms with Crippen LogP contribution in [0.15, 0.2) is 60.9 Å². The van der Waals surface area contributed by atoms with Gasteiger partial charge in [0.1, 0.15) is 18.8 Å². The Morgan fingerprint density at radius 1 is 1.00 bits per heavy atom. The Hall–Kier alpha value is -3.39. The van der Waals surface area contributed by atoms with Gasteiger partial charge in [-0.25, -0.2) is 9.78 Å². The number of ether oxygens (including phenoxy) is 1. The van der Waals surface area contributed by atoms with E-state index in [4.69, 9.17) is 4.74 Å². The topological polar surface area (TPSA) is 79.2 Å². The average Bonchev–Trinajstić information content (AvgIpc) is 3.19. The van der Waals surface area contributed by atoms with Crippen LogP contribution in [0.4, 0.5) is 4.79 Å². The second kappa shape index (κ2) is 9.41. The third-order valence-corrected chi connectivity index (χ3v) is 5.12. The zero-order valence-corrected chi connectivity index (χ0v) is 16.7. The van der Waals surface area contributed by atoms with Crippen molar-refractivity contribution >= 4 is 17.6 Å². The third kappa shape index (κ3) is 5.15. The van der Waals surface area contributed by atoms with Gasteiger partial charge in [-0.15, -0.1) is 0 Å². The Morgan fingerprint density at radius 3 is 2.53 bits per heavy atom. The van der Waals surface area contributed by atoms with Gasteiger partial charge in [0.05, 0.1) is 5.69 Å². The molecule has 1 aliphatic heterocycles. The zero-order valence-electron chi connectivity index (χ0n) is 16.7. The highest BCUT2D eigenvalue weighted by molar-refractivity contribution is 5.82. The Morgan fingerprint density at radius 2 is 1.77 bits per heavy atom. The number of alkyl carbamates (subject to hydrolysis) is 1. The number of carbonyl (C=O) groups excluding carboxylic acids is 2. The molecule has 2 amide bonds. The van der Waals surface area contributed by atoms with E-state index >= 15 is 0 Å². The lowest BCUT2D eigenvalue weighted by molar-refractivity contribution is -0.132. The van der Waals surface area contributed by atoms with E-state index < -0.39 is 6.09 Å². The molecular weight excluding hydrogens is 382 g/mol. The lowest BCUT2D eigenvalue weighted by Gasteiger charge is -2.34. The van der Waals surface area contributed by atoms with Gasteiger partial charge in [0.15, 0.2) is 0 Å². The van der Waals surface area contributed by atoms with Crippen LogP contribution in [-0.4, -0.2) is 63.9 Å². The van der Waals surface area contributed by atoms with Crippen molar-refractivity contribution < 1.29 is 14.3 Å². The minimum Gasteiger partial charge on any atom is -0.445 e. The molecule has 8 heteroatoms. The molecule has 1 aliphatic rings. The van der Waals surface area contributed by atoms with Gasteiger partial charge in [0.25, 0.3) is 0 Å². The number of amides is 2. The number of imidazole rings is 1. The van der Waals surface area contributed by atoms with Gasteiger partial charge in [-0.05, 0) is 17.7 Å². The van der Waals surface area contributed by atoms with Crippen LogP contribution in [-0.2, 0) is 22.7 Å². The summed E-state index contributed by atoms with van der Waals surface area (Å²) in [4.78, 5) is 32.9. The fourth-order valence-electron chi connectivity index (χ4n) is 3.48. The summed E-state index contributed by atoms with van der Waals surface area (Å²) in [7, 11) is 0. The molecule has 2 aromatic heterocycles. The van der Waals surface area contributed by atoms with Crippen molar-refractivity contribution in [3.8, 4) is 0 Å². The molecule has 1 saturated heterocycles. The maximum atomic E-state index is 12.4. The fraction of sp³-hybridized carbons (Fsp3) is 0.318. The van der Waals surface area contributed by atoms with Crippen LogP contribution in [0.25, 0.3) is 5.65 Å². The fourth-order valence-corrected chi connectivity index (χ4v) is 3.48.